The van der Waals surface area contributed by atoms with E-state index in [4.69, 9.17) is 33.3 Å². The van der Waals surface area contributed by atoms with Gasteiger partial charge in [-0.05, 0) is 128 Å². The summed E-state index contributed by atoms with van der Waals surface area (Å²) >= 11 is 0. The van der Waals surface area contributed by atoms with Gasteiger partial charge >= 0.3 is 18.2 Å². The molecule has 7 atom stereocenters. The molecule has 32 nitrogen and oxygen atoms in total. The molecule has 9 aliphatic rings. The molecule has 0 aliphatic carbocycles. The van der Waals surface area contributed by atoms with E-state index in [1.165, 1.54) is 66.4 Å². The Morgan fingerprint density at radius 3 is 1.70 bits per heavy atom. The summed E-state index contributed by atoms with van der Waals surface area (Å²) < 4.78 is 35.6. The SMILES string of the molecule is C=C1Nc2ccc(cc2)COC(=O)N2c3cc(c(OC)cc3C(=O)N3CCC[C@H]3C2C)OCCCOc2cc3c(cc2OC)C(=O)N2CCC[C@H]2CN3C(=O)OCc2ccc(cc2)NC(=O)[C@H](C)NC(=O)[C@H](C)NC(=O)CN(C(=O)CCSSC(C)(C)CCC(=O)ON2C(=O)CCC2=O)CC(=O)N[C@@H](C)C(=O)N[C@H]1C. The largest absolute Gasteiger partial charge is 0.493 e. The fourth-order valence-electron chi connectivity index (χ4n) is 13.3. The van der Waals surface area contributed by atoms with Gasteiger partial charge in [0.25, 0.3) is 23.6 Å². The first kappa shape index (κ1) is 81.7. The summed E-state index contributed by atoms with van der Waals surface area (Å²) in [5, 5.41) is 16.9. The van der Waals surface area contributed by atoms with E-state index < -0.39 is 113 Å². The lowest BCUT2D eigenvalue weighted by atomic mass is 10.1. The smallest absolute Gasteiger partial charge is 0.414 e. The Morgan fingerprint density at radius 2 is 1.11 bits per heavy atom. The molecule has 3 fully saturated rings. The maximum Gasteiger partial charge on any atom is 0.414 e. The van der Waals surface area contributed by atoms with E-state index in [1.807, 2.05) is 20.8 Å². The second-order valence-corrected chi connectivity index (χ2v) is 31.3. The van der Waals surface area contributed by atoms with Crippen LogP contribution in [0.1, 0.15) is 145 Å². The average molecular weight is 1560 g/mol. The van der Waals surface area contributed by atoms with Gasteiger partial charge in [0, 0.05) is 91.4 Å². The molecule has 34 heteroatoms. The van der Waals surface area contributed by atoms with Crippen LogP contribution in [0.15, 0.2) is 85.1 Å². The van der Waals surface area contributed by atoms with Gasteiger partial charge in [0.15, 0.2) is 23.0 Å². The first-order valence-electron chi connectivity index (χ1n) is 36.5. The van der Waals surface area contributed by atoms with Crippen molar-refractivity contribution in [3.63, 3.8) is 0 Å². The van der Waals surface area contributed by atoms with Crippen molar-refractivity contribution >= 4 is 122 Å². The molecular weight excluding hydrogens is 1470 g/mol. The normalized spacial score (nSPS) is 22.7. The minimum absolute atomic E-state index is 0.0480. The number of carbonyl (C=O) groups excluding carboxylic acids is 13. The van der Waals surface area contributed by atoms with Crippen molar-refractivity contribution in [3.05, 3.63) is 107 Å². The quantitative estimate of drug-likeness (QED) is 0.0494. The van der Waals surface area contributed by atoms with Crippen molar-refractivity contribution in [2.45, 2.75) is 173 Å². The molecule has 0 spiro atoms. The number of fused-ring (bicyclic) bond motifs is 2. The molecular formula is C76H94N12O20S2. The Bertz CT molecular complexity index is 4190. The molecule has 12 amide bonds. The Labute approximate surface area is 644 Å². The summed E-state index contributed by atoms with van der Waals surface area (Å²) in [5.74, 6) is -5.70. The number of nitrogens with one attached hydrogen (secondary N) is 6. The van der Waals surface area contributed by atoms with E-state index in [-0.39, 0.29) is 147 Å². The lowest BCUT2D eigenvalue weighted by Gasteiger charge is -2.33. The van der Waals surface area contributed by atoms with Crippen LogP contribution in [0.25, 0.3) is 0 Å². The number of nitrogens with zero attached hydrogens (tertiary/aromatic N) is 6. The highest BCUT2D eigenvalue weighted by atomic mass is 33.1. The number of carbonyl (C=O) groups is 13. The molecule has 0 saturated carbocycles. The van der Waals surface area contributed by atoms with E-state index in [0.717, 1.165) is 17.7 Å². The Morgan fingerprint density at radius 1 is 0.591 bits per heavy atom. The number of anilines is 4. The third-order valence-corrected chi connectivity index (χ3v) is 22.9. The fraction of sp³-hybridized carbons (Fsp3) is 0.487. The molecule has 110 heavy (non-hydrogen) atoms. The van der Waals surface area contributed by atoms with Gasteiger partial charge in [-0.15, -0.1) is 5.06 Å². The minimum Gasteiger partial charge on any atom is -0.493 e. The van der Waals surface area contributed by atoms with Gasteiger partial charge < -0.3 is 79.9 Å². The van der Waals surface area contributed by atoms with Crippen LogP contribution >= 0.6 is 21.6 Å². The summed E-state index contributed by atoms with van der Waals surface area (Å²) in [7, 11) is 5.52. The maximum absolute atomic E-state index is 14.6. The van der Waals surface area contributed by atoms with E-state index in [0.29, 0.717) is 59.2 Å². The van der Waals surface area contributed by atoms with E-state index in [9.17, 15) is 62.3 Å². The molecule has 590 valence electrons. The van der Waals surface area contributed by atoms with Crippen molar-refractivity contribution in [2.24, 2.45) is 0 Å². The molecule has 9 heterocycles. The molecule has 1 unspecified atom stereocenters. The van der Waals surface area contributed by atoms with Crippen LogP contribution in [0.3, 0.4) is 0 Å². The molecule has 9 aliphatic heterocycles. The predicted octanol–water partition coefficient (Wildman–Crippen LogP) is 7.13. The summed E-state index contributed by atoms with van der Waals surface area (Å²) in [4.78, 5) is 189. The van der Waals surface area contributed by atoms with Crippen LogP contribution in [0.4, 0.5) is 32.3 Å². The molecule has 0 radical (unpaired) electrons. The average Bonchev–Trinajstić information content (AvgIpc) is 1.60. The lowest BCUT2D eigenvalue weighted by molar-refractivity contribution is -0.197. The number of hydroxylamine groups is 2. The summed E-state index contributed by atoms with van der Waals surface area (Å²) in [6.07, 6.45) is 1.45. The zero-order valence-corrected chi connectivity index (χ0v) is 64.6. The Kier molecular flexibility index (Phi) is 27.2. The predicted molar refractivity (Wildman–Crippen MR) is 406 cm³/mol. The Balaban J connectivity index is 0.849. The van der Waals surface area contributed by atoms with Gasteiger partial charge in [0.2, 0.25) is 35.4 Å². The molecule has 0 aromatic heterocycles. The molecule has 13 rings (SSSR count). The van der Waals surface area contributed by atoms with Crippen molar-refractivity contribution in [1.82, 2.24) is 41.0 Å². The van der Waals surface area contributed by atoms with E-state index in [2.05, 4.69) is 38.5 Å². The summed E-state index contributed by atoms with van der Waals surface area (Å²) in [5.41, 5.74) is 3.35. The zero-order valence-electron chi connectivity index (χ0n) is 63.0. The number of imide groups is 1. The second-order valence-electron chi connectivity index (χ2n) is 28.2. The number of hydrogen-bond acceptors (Lipinski definition) is 23. The van der Waals surface area contributed by atoms with Crippen LogP contribution in [0, 0.1) is 0 Å². The highest BCUT2D eigenvalue weighted by molar-refractivity contribution is 8.77. The third kappa shape index (κ3) is 20.4. The van der Waals surface area contributed by atoms with Gasteiger partial charge in [0.05, 0.1) is 74.1 Å². The number of rotatable bonds is 11. The molecule has 6 N–H and O–H groups in total. The molecule has 3 saturated heterocycles. The second kappa shape index (κ2) is 36.6. The Hall–Kier alpha value is -10.8. The zero-order chi connectivity index (χ0) is 79.3. The highest BCUT2D eigenvalue weighted by Gasteiger charge is 2.45. The third-order valence-electron chi connectivity index (χ3n) is 19.6. The monoisotopic (exact) mass is 1560 g/mol. The number of methoxy groups -OCH3 is 2. The fourth-order valence-corrected chi connectivity index (χ4v) is 15.9. The van der Waals surface area contributed by atoms with Crippen LogP contribution in [0.5, 0.6) is 23.0 Å². The standard InChI is InChI=1S/C76H94N12O20S2/c1-43-44(2)80-69(95)45(3)78-63(89)39-83(65(91)27-33-109-110-76(7,8)28-26-68(94)108-88-66(92)24-25-67(88)93)40-64(90)79-46(4)70(96)81-47(5)71(97)82-52-22-18-49(19-23-52)41-106-74(100)86-38-53-14-11-29-84(53)72(98)54-34-59(102-9)61(36-57(54)86)104-31-13-32-105-62-37-58-55(35-60(62)103-10)73(99)85-30-12-15-56(85)48(6)87(58)75(101)107-42-50-16-20-51(77-43)21-17-50/h16-23,34-37,44-48,53,56,77H,1,11-15,24-33,38-42H2,2-10H3,(H,78,89)(H,79,90)(H,80,95)(H,81,96)(H,82,97)/t44-,45-,46-,47-,48?,53-,56-/m0/s1. The topological polar surface area (TPSA) is 378 Å². The molecule has 8 bridgehead atoms. The van der Waals surface area contributed by atoms with Gasteiger partial charge in [-0.1, -0.05) is 52.4 Å². The van der Waals surface area contributed by atoms with Gasteiger partial charge in [-0.2, -0.15) is 0 Å². The number of hydrogen-bond donors (Lipinski definition) is 6. The number of amides is 12. The first-order chi connectivity index (χ1) is 52.5. The van der Waals surface area contributed by atoms with E-state index >= 15 is 0 Å². The summed E-state index contributed by atoms with van der Waals surface area (Å²) in [6.45, 7) is 15.0. The van der Waals surface area contributed by atoms with Crippen LogP contribution in [-0.2, 0) is 70.7 Å². The highest BCUT2D eigenvalue weighted by Crippen LogP contribution is 2.44. The maximum atomic E-state index is 14.6. The number of benzene rings is 4. The minimum atomic E-state index is -1.27. The summed E-state index contributed by atoms with van der Waals surface area (Å²) in [6, 6.07) is 14.2. The van der Waals surface area contributed by atoms with Crippen molar-refractivity contribution in [1.29, 1.82) is 0 Å². The van der Waals surface area contributed by atoms with Crippen LogP contribution in [-0.4, -0.2) is 210 Å². The van der Waals surface area contributed by atoms with Crippen LogP contribution < -0.4 is 60.6 Å². The van der Waals surface area contributed by atoms with Crippen molar-refractivity contribution in [2.75, 3.05) is 86.3 Å². The van der Waals surface area contributed by atoms with Gasteiger partial charge in [0.1, 0.15) is 44.4 Å². The number of ether oxygens (including phenoxy) is 6. The van der Waals surface area contributed by atoms with Crippen molar-refractivity contribution < 1.29 is 95.6 Å². The van der Waals surface area contributed by atoms with Gasteiger partial charge in [-0.3, -0.25) is 57.7 Å². The van der Waals surface area contributed by atoms with Crippen LogP contribution in [0.2, 0.25) is 0 Å². The molecule has 4 aromatic carbocycles. The van der Waals surface area contributed by atoms with Gasteiger partial charge in [-0.25, -0.2) is 14.4 Å². The van der Waals surface area contributed by atoms with E-state index in [1.54, 1.807) is 89.5 Å². The molecule has 4 aromatic rings. The first-order valence-corrected chi connectivity index (χ1v) is 38.8. The van der Waals surface area contributed by atoms with Crippen molar-refractivity contribution in [3.8, 4) is 23.0 Å². The lowest BCUT2D eigenvalue weighted by Crippen LogP contribution is -2.54.